The van der Waals surface area contributed by atoms with Crippen molar-refractivity contribution in [2.24, 2.45) is 0 Å². The maximum Gasteiger partial charge on any atom is 0.329 e. The van der Waals surface area contributed by atoms with E-state index in [4.69, 9.17) is 21.1 Å². The van der Waals surface area contributed by atoms with Gasteiger partial charge in [-0.15, -0.1) is 0 Å². The first-order valence-corrected chi connectivity index (χ1v) is 10.4. The van der Waals surface area contributed by atoms with Crippen LogP contribution in [-0.2, 0) is 9.59 Å². The predicted molar refractivity (Wildman–Crippen MR) is 122 cm³/mol. The summed E-state index contributed by atoms with van der Waals surface area (Å²) in [4.78, 5) is 38.0. The highest BCUT2D eigenvalue weighted by Crippen LogP contribution is 2.28. The highest BCUT2D eigenvalue weighted by molar-refractivity contribution is 6.32. The van der Waals surface area contributed by atoms with Gasteiger partial charge in [0.2, 0.25) is 5.91 Å². The van der Waals surface area contributed by atoms with E-state index in [2.05, 4.69) is 10.6 Å². The van der Waals surface area contributed by atoms with Crippen LogP contribution in [0.2, 0.25) is 5.02 Å². The number of imide groups is 1. The third-order valence-corrected chi connectivity index (χ3v) is 5.10. The van der Waals surface area contributed by atoms with Gasteiger partial charge in [0.25, 0.3) is 5.91 Å². The van der Waals surface area contributed by atoms with Gasteiger partial charge in [-0.1, -0.05) is 24.6 Å². The Hall–Kier alpha value is -3.52. The summed E-state index contributed by atoms with van der Waals surface area (Å²) in [5.41, 5.74) is 1.19. The molecule has 1 fully saturated rings. The molecule has 0 aliphatic carbocycles. The lowest BCUT2D eigenvalue weighted by Gasteiger charge is -2.14. The molecule has 1 aliphatic rings. The lowest BCUT2D eigenvalue weighted by atomic mass is 10.1. The summed E-state index contributed by atoms with van der Waals surface area (Å²) in [5.74, 6) is 0.0821. The Morgan fingerprint density at radius 3 is 2.56 bits per heavy atom. The van der Waals surface area contributed by atoms with E-state index in [0.29, 0.717) is 27.8 Å². The normalized spacial score (nSPS) is 15.5. The van der Waals surface area contributed by atoms with Gasteiger partial charge in [0.15, 0.2) is 0 Å². The Balaban J connectivity index is 1.66. The van der Waals surface area contributed by atoms with Gasteiger partial charge >= 0.3 is 6.03 Å². The quantitative estimate of drug-likeness (QED) is 0.460. The number of amides is 4. The number of anilines is 1. The van der Waals surface area contributed by atoms with Crippen molar-refractivity contribution in [1.82, 2.24) is 10.2 Å². The number of rotatable bonds is 8. The Kier molecular flexibility index (Phi) is 7.37. The Morgan fingerprint density at radius 1 is 1.22 bits per heavy atom. The van der Waals surface area contributed by atoms with Crippen molar-refractivity contribution in [2.45, 2.75) is 26.4 Å². The molecular weight excluding hydrogens is 434 g/mol. The zero-order valence-corrected chi connectivity index (χ0v) is 18.7. The average molecular weight is 458 g/mol. The summed E-state index contributed by atoms with van der Waals surface area (Å²) in [5, 5.41) is 5.53. The minimum Gasteiger partial charge on any atom is -0.497 e. The molecule has 0 aromatic heterocycles. The van der Waals surface area contributed by atoms with E-state index in [1.54, 1.807) is 49.6 Å². The number of urea groups is 1. The minimum absolute atomic E-state index is 0.0185. The number of carbonyl (C=O) groups excluding carboxylic acids is 3. The Bertz CT molecular complexity index is 1050. The lowest BCUT2D eigenvalue weighted by Crippen LogP contribution is -2.38. The van der Waals surface area contributed by atoms with Crippen LogP contribution in [0.25, 0.3) is 6.08 Å². The number of ether oxygens (including phenoxy) is 2. The summed E-state index contributed by atoms with van der Waals surface area (Å²) in [7, 11) is 1.54. The number of benzene rings is 2. The minimum atomic E-state index is -0.672. The second-order valence-corrected chi connectivity index (χ2v) is 7.59. The van der Waals surface area contributed by atoms with Crippen LogP contribution >= 0.6 is 11.6 Å². The molecule has 2 aromatic carbocycles. The molecular formula is C23H24ClN3O5. The largest absolute Gasteiger partial charge is 0.497 e. The second kappa shape index (κ2) is 10.2. The van der Waals surface area contributed by atoms with Crippen molar-refractivity contribution < 1.29 is 23.9 Å². The van der Waals surface area contributed by atoms with Gasteiger partial charge in [0.05, 0.1) is 18.2 Å². The second-order valence-electron chi connectivity index (χ2n) is 7.18. The van der Waals surface area contributed by atoms with Crippen LogP contribution in [0.1, 0.15) is 25.8 Å². The topological polar surface area (TPSA) is 97.0 Å². The van der Waals surface area contributed by atoms with E-state index in [-0.39, 0.29) is 11.8 Å². The summed E-state index contributed by atoms with van der Waals surface area (Å²) >= 11 is 6.28. The monoisotopic (exact) mass is 457 g/mol. The predicted octanol–water partition coefficient (Wildman–Crippen LogP) is 4.06. The summed E-state index contributed by atoms with van der Waals surface area (Å²) in [6, 6.07) is 11.1. The van der Waals surface area contributed by atoms with Gasteiger partial charge in [0, 0.05) is 5.69 Å². The molecule has 3 rings (SSSR count). The molecule has 4 amide bonds. The van der Waals surface area contributed by atoms with Crippen LogP contribution in [0.3, 0.4) is 0 Å². The van der Waals surface area contributed by atoms with Crippen LogP contribution in [-0.4, -0.2) is 42.5 Å². The summed E-state index contributed by atoms with van der Waals surface area (Å²) in [6.07, 6.45) is 2.36. The zero-order valence-electron chi connectivity index (χ0n) is 18.0. The van der Waals surface area contributed by atoms with E-state index >= 15 is 0 Å². The number of carbonyl (C=O) groups is 3. The molecule has 2 aromatic rings. The molecule has 0 bridgehead atoms. The third kappa shape index (κ3) is 5.59. The number of nitrogens with one attached hydrogen (secondary N) is 2. The van der Waals surface area contributed by atoms with Gasteiger partial charge in [-0.05, 0) is 61.4 Å². The maximum atomic E-state index is 12.6. The number of methoxy groups -OCH3 is 1. The molecule has 0 spiro atoms. The number of hydrogen-bond donors (Lipinski definition) is 2. The lowest BCUT2D eigenvalue weighted by molar-refractivity contribution is -0.127. The van der Waals surface area contributed by atoms with Gasteiger partial charge in [-0.2, -0.15) is 0 Å². The van der Waals surface area contributed by atoms with Crippen LogP contribution in [0.4, 0.5) is 10.5 Å². The summed E-state index contributed by atoms with van der Waals surface area (Å²) < 4.78 is 10.8. The zero-order chi connectivity index (χ0) is 23.3. The van der Waals surface area contributed by atoms with Crippen molar-refractivity contribution in [3.63, 3.8) is 0 Å². The van der Waals surface area contributed by atoms with Crippen molar-refractivity contribution in [2.75, 3.05) is 19.0 Å². The SMILES string of the molecule is CC[C@H](C)Oc1ccc(/C=C2\NC(=O)N(CC(=O)Nc3ccc(OC)cc3)C2=O)cc1Cl. The molecule has 9 heteroatoms. The van der Waals surface area contributed by atoms with E-state index in [1.807, 2.05) is 13.8 Å². The molecule has 0 radical (unpaired) electrons. The fraction of sp³-hybridized carbons (Fsp3) is 0.261. The molecule has 1 saturated heterocycles. The van der Waals surface area contributed by atoms with Gasteiger partial charge in [-0.25, -0.2) is 9.69 Å². The highest BCUT2D eigenvalue weighted by atomic mass is 35.5. The van der Waals surface area contributed by atoms with Crippen LogP contribution in [0.5, 0.6) is 11.5 Å². The molecule has 0 saturated carbocycles. The van der Waals surface area contributed by atoms with Gasteiger partial charge in [-0.3, -0.25) is 9.59 Å². The van der Waals surface area contributed by atoms with Crippen molar-refractivity contribution >= 4 is 41.2 Å². The average Bonchev–Trinajstić information content (AvgIpc) is 3.03. The Labute approximate surface area is 191 Å². The molecule has 1 atom stereocenters. The fourth-order valence-corrected chi connectivity index (χ4v) is 3.14. The molecule has 8 nitrogen and oxygen atoms in total. The maximum absolute atomic E-state index is 12.6. The number of nitrogens with zero attached hydrogens (tertiary/aromatic N) is 1. The third-order valence-electron chi connectivity index (χ3n) is 4.81. The standard InChI is InChI=1S/C23H24ClN3O5/c1-4-14(2)32-20-10-5-15(11-18(20)24)12-19-22(29)27(23(30)26-19)13-21(28)25-16-6-8-17(31-3)9-7-16/h5-12,14H,4,13H2,1-3H3,(H,25,28)(H,26,30)/b19-12-/t14-/m0/s1. The van der Waals surface area contributed by atoms with Crippen LogP contribution < -0.4 is 20.1 Å². The summed E-state index contributed by atoms with van der Waals surface area (Å²) in [6.45, 7) is 3.53. The van der Waals surface area contributed by atoms with Crippen molar-refractivity contribution in [3.8, 4) is 11.5 Å². The molecule has 32 heavy (non-hydrogen) atoms. The smallest absolute Gasteiger partial charge is 0.329 e. The van der Waals surface area contributed by atoms with Gasteiger partial charge < -0.3 is 20.1 Å². The number of halogens is 1. The first-order valence-electron chi connectivity index (χ1n) is 10.1. The molecule has 1 heterocycles. The molecule has 2 N–H and O–H groups in total. The van der Waals surface area contributed by atoms with Crippen LogP contribution in [0, 0.1) is 0 Å². The van der Waals surface area contributed by atoms with E-state index < -0.39 is 24.4 Å². The molecule has 0 unspecified atom stereocenters. The van der Waals surface area contributed by atoms with Crippen LogP contribution in [0.15, 0.2) is 48.2 Å². The first kappa shape index (κ1) is 23.1. The molecule has 1 aliphatic heterocycles. The molecule has 168 valence electrons. The number of hydrogen-bond acceptors (Lipinski definition) is 5. The van der Waals surface area contributed by atoms with Crippen molar-refractivity contribution in [1.29, 1.82) is 0 Å². The first-order chi connectivity index (χ1) is 15.3. The highest BCUT2D eigenvalue weighted by Gasteiger charge is 2.34. The van der Waals surface area contributed by atoms with Crippen molar-refractivity contribution in [3.05, 3.63) is 58.7 Å². The van der Waals surface area contributed by atoms with E-state index in [1.165, 1.54) is 6.08 Å². The fourth-order valence-electron chi connectivity index (χ4n) is 2.90. The van der Waals surface area contributed by atoms with Gasteiger partial charge in [0.1, 0.15) is 23.7 Å². The van der Waals surface area contributed by atoms with E-state index in [9.17, 15) is 14.4 Å². The Morgan fingerprint density at radius 2 is 1.94 bits per heavy atom. The van der Waals surface area contributed by atoms with E-state index in [0.717, 1.165) is 11.3 Å².